The highest BCUT2D eigenvalue weighted by Crippen LogP contribution is 2.34. The Balaban J connectivity index is 1.53. The molecule has 0 spiro atoms. The Kier molecular flexibility index (Phi) is 4.19. The van der Waals surface area contributed by atoms with E-state index < -0.39 is 0 Å². The van der Waals surface area contributed by atoms with Crippen LogP contribution in [-0.4, -0.2) is 37.1 Å². The molecule has 1 heterocycles. The van der Waals surface area contributed by atoms with Gasteiger partial charge in [-0.3, -0.25) is 0 Å². The molecule has 2 aliphatic rings. The summed E-state index contributed by atoms with van der Waals surface area (Å²) in [4.78, 5) is 2.67. The van der Waals surface area contributed by atoms with Crippen molar-refractivity contribution in [3.8, 4) is 0 Å². The molecule has 1 aliphatic carbocycles. The maximum atomic E-state index is 3.68. The number of likely N-dealkylation sites (tertiary alicyclic amines) is 1. The molecule has 1 aliphatic heterocycles. The zero-order valence-corrected chi connectivity index (χ0v) is 12.0. The highest BCUT2D eigenvalue weighted by atomic mass is 15.2. The largest absolute Gasteiger partial charge is 0.313 e. The van der Waals surface area contributed by atoms with Gasteiger partial charge in [-0.1, -0.05) is 37.3 Å². The predicted molar refractivity (Wildman–Crippen MR) is 80.4 cm³/mol. The highest BCUT2D eigenvalue weighted by Gasteiger charge is 2.33. The summed E-state index contributed by atoms with van der Waals surface area (Å²) in [5.41, 5.74) is 1.52. The fourth-order valence-electron chi connectivity index (χ4n) is 3.42. The maximum absolute atomic E-state index is 3.68. The molecule has 2 fully saturated rings. The predicted octanol–water partition coefficient (Wildman–Crippen LogP) is 2.86. The van der Waals surface area contributed by atoms with Gasteiger partial charge in [0.25, 0.3) is 0 Å². The third-order valence-corrected chi connectivity index (χ3v) is 4.66. The highest BCUT2D eigenvalue weighted by molar-refractivity contribution is 5.21. The number of benzene rings is 1. The monoisotopic (exact) mass is 258 g/mol. The molecule has 19 heavy (non-hydrogen) atoms. The van der Waals surface area contributed by atoms with Gasteiger partial charge in [-0.15, -0.1) is 0 Å². The maximum Gasteiger partial charge on any atom is 0.0223 e. The molecule has 104 valence electrons. The Morgan fingerprint density at radius 3 is 2.68 bits per heavy atom. The summed E-state index contributed by atoms with van der Waals surface area (Å²) in [5.74, 6) is 1.71. The SMILES string of the molecule is CCNC(CN1CCC(c2ccccc2)C1)C1CC1. The molecule has 1 saturated heterocycles. The number of nitrogens with one attached hydrogen (secondary N) is 1. The Morgan fingerprint density at radius 2 is 2.00 bits per heavy atom. The minimum atomic E-state index is 0.736. The quantitative estimate of drug-likeness (QED) is 0.844. The minimum Gasteiger partial charge on any atom is -0.313 e. The van der Waals surface area contributed by atoms with E-state index in [4.69, 9.17) is 0 Å². The fourth-order valence-corrected chi connectivity index (χ4v) is 3.42. The normalized spacial score (nSPS) is 25.6. The Bertz CT molecular complexity index is 386. The van der Waals surface area contributed by atoms with Gasteiger partial charge in [0.05, 0.1) is 0 Å². The lowest BCUT2D eigenvalue weighted by molar-refractivity contribution is 0.274. The topological polar surface area (TPSA) is 15.3 Å². The smallest absolute Gasteiger partial charge is 0.0223 e. The van der Waals surface area contributed by atoms with Gasteiger partial charge in [0, 0.05) is 19.1 Å². The Morgan fingerprint density at radius 1 is 1.21 bits per heavy atom. The van der Waals surface area contributed by atoms with Crippen LogP contribution in [0.5, 0.6) is 0 Å². The van der Waals surface area contributed by atoms with Crippen molar-refractivity contribution >= 4 is 0 Å². The number of likely N-dealkylation sites (N-methyl/N-ethyl adjacent to an activating group) is 1. The molecule has 0 amide bonds. The van der Waals surface area contributed by atoms with Gasteiger partial charge in [0.1, 0.15) is 0 Å². The van der Waals surface area contributed by atoms with E-state index in [1.165, 1.54) is 44.5 Å². The summed E-state index contributed by atoms with van der Waals surface area (Å²) in [7, 11) is 0. The van der Waals surface area contributed by atoms with Gasteiger partial charge in [0.2, 0.25) is 0 Å². The van der Waals surface area contributed by atoms with E-state index in [0.717, 1.165) is 24.4 Å². The van der Waals surface area contributed by atoms with Gasteiger partial charge >= 0.3 is 0 Å². The Hall–Kier alpha value is -0.860. The van der Waals surface area contributed by atoms with Crippen molar-refractivity contribution in [2.24, 2.45) is 5.92 Å². The number of hydrogen-bond donors (Lipinski definition) is 1. The van der Waals surface area contributed by atoms with Crippen LogP contribution >= 0.6 is 0 Å². The van der Waals surface area contributed by atoms with Crippen molar-refractivity contribution in [3.05, 3.63) is 35.9 Å². The summed E-state index contributed by atoms with van der Waals surface area (Å²) >= 11 is 0. The molecule has 1 saturated carbocycles. The van der Waals surface area contributed by atoms with E-state index >= 15 is 0 Å². The van der Waals surface area contributed by atoms with Crippen LogP contribution in [0.25, 0.3) is 0 Å². The minimum absolute atomic E-state index is 0.736. The van der Waals surface area contributed by atoms with Gasteiger partial charge in [-0.05, 0) is 49.8 Å². The van der Waals surface area contributed by atoms with Crippen LogP contribution < -0.4 is 5.32 Å². The van der Waals surface area contributed by atoms with Gasteiger partial charge in [-0.2, -0.15) is 0 Å². The second kappa shape index (κ2) is 6.06. The second-order valence-electron chi connectivity index (χ2n) is 6.16. The second-order valence-corrected chi connectivity index (χ2v) is 6.16. The van der Waals surface area contributed by atoms with Gasteiger partial charge in [-0.25, -0.2) is 0 Å². The molecule has 3 rings (SSSR count). The first-order chi connectivity index (χ1) is 9.36. The van der Waals surface area contributed by atoms with Crippen LogP contribution in [0.4, 0.5) is 0 Å². The third-order valence-electron chi connectivity index (χ3n) is 4.66. The van der Waals surface area contributed by atoms with Crippen LogP contribution in [-0.2, 0) is 0 Å². The van der Waals surface area contributed by atoms with E-state index in [1.54, 1.807) is 0 Å². The molecule has 2 heteroatoms. The average Bonchev–Trinajstić information content (AvgIpc) is 3.19. The zero-order chi connectivity index (χ0) is 13.1. The Labute approximate surface area is 117 Å². The van der Waals surface area contributed by atoms with E-state index in [2.05, 4.69) is 47.5 Å². The molecule has 1 aromatic carbocycles. The summed E-state index contributed by atoms with van der Waals surface area (Å²) in [6, 6.07) is 11.8. The van der Waals surface area contributed by atoms with Crippen LogP contribution in [0.3, 0.4) is 0 Å². The summed E-state index contributed by atoms with van der Waals surface area (Å²) in [5, 5.41) is 3.68. The fraction of sp³-hybridized carbons (Fsp3) is 0.647. The number of hydrogen-bond acceptors (Lipinski definition) is 2. The molecule has 2 unspecified atom stereocenters. The van der Waals surface area contributed by atoms with Crippen molar-refractivity contribution in [2.75, 3.05) is 26.2 Å². The molecule has 0 bridgehead atoms. The zero-order valence-electron chi connectivity index (χ0n) is 12.0. The van der Waals surface area contributed by atoms with Crippen LogP contribution in [0.1, 0.15) is 37.7 Å². The van der Waals surface area contributed by atoms with E-state index in [-0.39, 0.29) is 0 Å². The third kappa shape index (κ3) is 3.37. The van der Waals surface area contributed by atoms with E-state index in [9.17, 15) is 0 Å². The standard InChI is InChI=1S/C17H26N2/c1-2-18-17(15-8-9-15)13-19-11-10-16(12-19)14-6-4-3-5-7-14/h3-7,15-18H,2,8-13H2,1H3. The number of nitrogens with zero attached hydrogens (tertiary/aromatic N) is 1. The van der Waals surface area contributed by atoms with Crippen molar-refractivity contribution < 1.29 is 0 Å². The van der Waals surface area contributed by atoms with Crippen molar-refractivity contribution in [3.63, 3.8) is 0 Å². The van der Waals surface area contributed by atoms with Crippen LogP contribution in [0, 0.1) is 5.92 Å². The van der Waals surface area contributed by atoms with Gasteiger partial charge < -0.3 is 10.2 Å². The molecular formula is C17H26N2. The summed E-state index contributed by atoms with van der Waals surface area (Å²) in [6.07, 6.45) is 4.20. The molecule has 1 aromatic rings. The van der Waals surface area contributed by atoms with Crippen molar-refractivity contribution in [1.29, 1.82) is 0 Å². The lowest BCUT2D eigenvalue weighted by Gasteiger charge is -2.24. The van der Waals surface area contributed by atoms with Crippen molar-refractivity contribution in [1.82, 2.24) is 10.2 Å². The molecule has 0 radical (unpaired) electrons. The summed E-state index contributed by atoms with van der Waals surface area (Å²) < 4.78 is 0. The molecular weight excluding hydrogens is 232 g/mol. The van der Waals surface area contributed by atoms with Crippen LogP contribution in [0.2, 0.25) is 0 Å². The van der Waals surface area contributed by atoms with Crippen molar-refractivity contribution in [2.45, 2.75) is 38.1 Å². The van der Waals surface area contributed by atoms with Crippen LogP contribution in [0.15, 0.2) is 30.3 Å². The lowest BCUT2D eigenvalue weighted by atomic mass is 9.99. The first-order valence-corrected chi connectivity index (χ1v) is 7.87. The molecule has 1 N–H and O–H groups in total. The summed E-state index contributed by atoms with van der Waals surface area (Å²) in [6.45, 7) is 7.11. The first-order valence-electron chi connectivity index (χ1n) is 7.87. The first kappa shape index (κ1) is 13.1. The molecule has 2 atom stereocenters. The lowest BCUT2D eigenvalue weighted by Crippen LogP contribution is -2.41. The molecule has 2 nitrogen and oxygen atoms in total. The molecule has 0 aromatic heterocycles. The number of rotatable bonds is 6. The average molecular weight is 258 g/mol. The van der Waals surface area contributed by atoms with E-state index in [1.807, 2.05) is 0 Å². The van der Waals surface area contributed by atoms with E-state index in [0.29, 0.717) is 0 Å². The van der Waals surface area contributed by atoms with Gasteiger partial charge in [0.15, 0.2) is 0 Å².